The lowest BCUT2D eigenvalue weighted by atomic mass is 9.67. The second-order valence-corrected chi connectivity index (χ2v) is 14.3. The molecule has 3 heteroatoms. The fourth-order valence-electron chi connectivity index (χ4n) is 8.99. The lowest BCUT2D eigenvalue weighted by Crippen LogP contribution is -2.28. The predicted octanol–water partition coefficient (Wildman–Crippen LogP) is 12.7. The number of hydrogen-bond acceptors (Lipinski definition) is 3. The van der Waals surface area contributed by atoms with Gasteiger partial charge in [0.1, 0.15) is 0 Å². The molecule has 0 saturated heterocycles. The van der Waals surface area contributed by atoms with E-state index in [1.807, 2.05) is 18.2 Å². The average Bonchev–Trinajstić information content (AvgIpc) is 3.56. The first-order valence-electron chi connectivity index (χ1n) is 18.8. The Balaban J connectivity index is 1.20. The molecule has 0 bridgehead atoms. The summed E-state index contributed by atoms with van der Waals surface area (Å²) in [5, 5.41) is 6.92. The van der Waals surface area contributed by atoms with Gasteiger partial charge in [-0.1, -0.05) is 188 Å². The highest BCUT2D eigenvalue weighted by molar-refractivity contribution is 6.21. The maximum atomic E-state index is 5.42. The molecular weight excluding hydrogens is 667 g/mol. The number of nitrogens with zero attached hydrogens (tertiary/aromatic N) is 3. The smallest absolute Gasteiger partial charge is 0.165 e. The third kappa shape index (κ3) is 4.80. The van der Waals surface area contributed by atoms with Crippen LogP contribution in [0.3, 0.4) is 0 Å². The molecule has 0 atom stereocenters. The molecule has 10 aromatic rings. The van der Waals surface area contributed by atoms with Crippen LogP contribution in [-0.4, -0.2) is 15.0 Å². The maximum Gasteiger partial charge on any atom is 0.165 e. The minimum Gasteiger partial charge on any atom is -0.208 e. The Labute approximate surface area is 319 Å². The predicted molar refractivity (Wildman–Crippen MR) is 226 cm³/mol. The van der Waals surface area contributed by atoms with Gasteiger partial charge in [-0.25, -0.2) is 15.0 Å². The third-order valence-corrected chi connectivity index (χ3v) is 11.4. The van der Waals surface area contributed by atoms with Crippen molar-refractivity contribution in [2.24, 2.45) is 0 Å². The molecule has 0 N–H and O–H groups in total. The van der Waals surface area contributed by atoms with E-state index in [2.05, 4.69) is 182 Å². The molecule has 9 aromatic carbocycles. The van der Waals surface area contributed by atoms with E-state index in [0.29, 0.717) is 17.5 Å². The summed E-state index contributed by atoms with van der Waals surface area (Å²) in [4.78, 5) is 15.9. The van der Waals surface area contributed by atoms with Crippen LogP contribution in [0.4, 0.5) is 0 Å². The summed E-state index contributed by atoms with van der Waals surface area (Å²) >= 11 is 0. The van der Waals surface area contributed by atoms with Crippen LogP contribution in [0.1, 0.15) is 22.3 Å². The fraction of sp³-hybridized carbons (Fsp3) is 0.0192. The molecule has 0 fully saturated rings. The van der Waals surface area contributed by atoms with Crippen LogP contribution in [0.2, 0.25) is 0 Å². The highest BCUT2D eigenvalue weighted by atomic mass is 15.0. The summed E-state index contributed by atoms with van der Waals surface area (Å²) in [6.45, 7) is 0. The Morgan fingerprint density at radius 1 is 0.327 bits per heavy atom. The van der Waals surface area contributed by atoms with Gasteiger partial charge in [-0.3, -0.25) is 0 Å². The number of benzene rings is 9. The molecule has 1 heterocycles. The summed E-state index contributed by atoms with van der Waals surface area (Å²) in [6.07, 6.45) is 0. The average molecular weight is 700 g/mol. The zero-order chi connectivity index (χ0) is 36.3. The molecule has 1 aromatic heterocycles. The largest absolute Gasteiger partial charge is 0.208 e. The van der Waals surface area contributed by atoms with Crippen molar-refractivity contribution in [3.63, 3.8) is 0 Å². The molecule has 256 valence electrons. The summed E-state index contributed by atoms with van der Waals surface area (Å²) in [5.41, 5.74) is 9.84. The number of rotatable bonds is 5. The van der Waals surface area contributed by atoms with Crippen LogP contribution in [0.25, 0.3) is 77.6 Å². The zero-order valence-electron chi connectivity index (χ0n) is 29.9. The van der Waals surface area contributed by atoms with Gasteiger partial charge in [-0.15, -0.1) is 0 Å². The van der Waals surface area contributed by atoms with Crippen LogP contribution in [-0.2, 0) is 5.41 Å². The zero-order valence-corrected chi connectivity index (χ0v) is 29.9. The van der Waals surface area contributed by atoms with Gasteiger partial charge in [0.05, 0.1) is 5.41 Å². The minimum atomic E-state index is -0.477. The van der Waals surface area contributed by atoms with Gasteiger partial charge >= 0.3 is 0 Å². The molecule has 11 rings (SSSR count). The Bertz CT molecular complexity index is 3040. The van der Waals surface area contributed by atoms with Gasteiger partial charge in [-0.2, -0.15) is 0 Å². The summed E-state index contributed by atoms with van der Waals surface area (Å²) in [6, 6.07) is 71.6. The Hall–Kier alpha value is -7.23. The molecule has 55 heavy (non-hydrogen) atoms. The number of hydrogen-bond donors (Lipinski definition) is 0. The Morgan fingerprint density at radius 3 is 1.62 bits per heavy atom. The van der Waals surface area contributed by atoms with Crippen molar-refractivity contribution in [2.75, 3.05) is 0 Å². The van der Waals surface area contributed by atoms with E-state index in [-0.39, 0.29) is 0 Å². The van der Waals surface area contributed by atoms with Crippen molar-refractivity contribution in [3.05, 3.63) is 222 Å². The van der Waals surface area contributed by atoms with Crippen molar-refractivity contribution in [2.45, 2.75) is 5.41 Å². The van der Waals surface area contributed by atoms with Crippen molar-refractivity contribution in [1.82, 2.24) is 15.0 Å². The SMILES string of the molecule is c1ccc(-c2nc(-c3ccc4c(c3)-c3ccccc3C4(c3ccccc3)c3ccccc3)nc(-c3c4ccccc4cc4ccc5ccccc5c34)n2)cc1. The third-order valence-electron chi connectivity index (χ3n) is 11.4. The first kappa shape index (κ1) is 31.3. The molecule has 0 unspecified atom stereocenters. The van der Waals surface area contributed by atoms with Crippen molar-refractivity contribution in [1.29, 1.82) is 0 Å². The highest BCUT2D eigenvalue weighted by Crippen LogP contribution is 2.56. The van der Waals surface area contributed by atoms with Gasteiger partial charge in [0.25, 0.3) is 0 Å². The van der Waals surface area contributed by atoms with Crippen LogP contribution < -0.4 is 0 Å². The molecule has 1 aliphatic carbocycles. The maximum absolute atomic E-state index is 5.42. The topological polar surface area (TPSA) is 38.7 Å². The van der Waals surface area contributed by atoms with E-state index in [9.17, 15) is 0 Å². The van der Waals surface area contributed by atoms with E-state index < -0.39 is 5.41 Å². The monoisotopic (exact) mass is 699 g/mol. The fourth-order valence-corrected chi connectivity index (χ4v) is 8.99. The second-order valence-electron chi connectivity index (χ2n) is 14.3. The number of fused-ring (bicyclic) bond motifs is 7. The van der Waals surface area contributed by atoms with Crippen molar-refractivity contribution >= 4 is 32.3 Å². The van der Waals surface area contributed by atoms with Crippen molar-refractivity contribution in [3.8, 4) is 45.3 Å². The minimum absolute atomic E-state index is 0.477. The molecule has 1 aliphatic rings. The van der Waals surface area contributed by atoms with Gasteiger partial charge in [-0.05, 0) is 72.4 Å². The van der Waals surface area contributed by atoms with Gasteiger partial charge in [0, 0.05) is 22.1 Å². The molecule has 0 saturated carbocycles. The van der Waals surface area contributed by atoms with Crippen LogP contribution >= 0.6 is 0 Å². The molecular formula is C52H33N3. The molecule has 3 nitrogen and oxygen atoms in total. The number of aromatic nitrogens is 3. The molecule has 0 amide bonds. The van der Waals surface area contributed by atoms with Gasteiger partial charge in [0.2, 0.25) is 0 Å². The molecule has 0 aliphatic heterocycles. The summed E-state index contributed by atoms with van der Waals surface area (Å²) in [5.74, 6) is 1.94. The van der Waals surface area contributed by atoms with E-state index in [1.165, 1.54) is 44.2 Å². The quantitative estimate of drug-likeness (QED) is 0.133. The first-order valence-corrected chi connectivity index (χ1v) is 18.8. The summed E-state index contributed by atoms with van der Waals surface area (Å²) < 4.78 is 0. The van der Waals surface area contributed by atoms with Gasteiger partial charge in [0.15, 0.2) is 17.5 Å². The normalized spacial score (nSPS) is 12.9. The Morgan fingerprint density at radius 2 is 0.873 bits per heavy atom. The Kier molecular flexibility index (Phi) is 7.08. The van der Waals surface area contributed by atoms with Crippen LogP contribution in [0.5, 0.6) is 0 Å². The second kappa shape index (κ2) is 12.4. The van der Waals surface area contributed by atoms with E-state index >= 15 is 0 Å². The van der Waals surface area contributed by atoms with E-state index in [4.69, 9.17) is 15.0 Å². The summed E-state index contributed by atoms with van der Waals surface area (Å²) in [7, 11) is 0. The van der Waals surface area contributed by atoms with E-state index in [1.54, 1.807) is 0 Å². The van der Waals surface area contributed by atoms with Crippen LogP contribution in [0.15, 0.2) is 200 Å². The molecule has 0 spiro atoms. The first-order chi connectivity index (χ1) is 27.3. The van der Waals surface area contributed by atoms with Crippen molar-refractivity contribution < 1.29 is 0 Å². The lowest BCUT2D eigenvalue weighted by molar-refractivity contribution is 0.768. The highest BCUT2D eigenvalue weighted by Gasteiger charge is 2.46. The lowest BCUT2D eigenvalue weighted by Gasteiger charge is -2.33. The van der Waals surface area contributed by atoms with Gasteiger partial charge < -0.3 is 0 Å². The van der Waals surface area contributed by atoms with Crippen LogP contribution in [0, 0.1) is 0 Å². The standard InChI is InChI=1S/C52H33N3/c1-4-17-35(18-5-1)49-53-50(55-51(54-49)48-42-25-13-11-19-36(42)32-37-29-28-34-16-10-12-24-41(34)47(37)48)38-30-31-46-44(33-38)43-26-14-15-27-45(43)52(46,39-20-6-2-7-21-39)40-22-8-3-9-23-40/h1-33H. The van der Waals surface area contributed by atoms with E-state index in [0.717, 1.165) is 38.2 Å². The molecule has 0 radical (unpaired) electrons.